The highest BCUT2D eigenvalue weighted by atomic mass is 16.7. The maximum Gasteiger partial charge on any atom is 0.347 e. The van der Waals surface area contributed by atoms with Gasteiger partial charge < -0.3 is 14.2 Å². The third kappa shape index (κ3) is 3.36. The fourth-order valence-corrected chi connectivity index (χ4v) is 2.57. The Morgan fingerprint density at radius 3 is 2.81 bits per heavy atom. The summed E-state index contributed by atoms with van der Waals surface area (Å²) in [6, 6.07) is 0. The molecule has 2 unspecified atom stereocenters. The minimum Gasteiger partial charge on any atom is -0.453 e. The monoisotopic (exact) mass is 298 g/mol. The van der Waals surface area contributed by atoms with Gasteiger partial charge in [-0.3, -0.25) is 9.59 Å². The molecule has 1 saturated heterocycles. The lowest BCUT2D eigenvalue weighted by Crippen LogP contribution is -2.38. The van der Waals surface area contributed by atoms with Crippen LogP contribution in [0.3, 0.4) is 0 Å². The Kier molecular flexibility index (Phi) is 4.25. The molecule has 2 aliphatic rings. The second kappa shape index (κ2) is 5.66. The molecule has 2 rings (SSSR count). The van der Waals surface area contributed by atoms with Crippen molar-refractivity contribution in [3.8, 4) is 0 Å². The minimum atomic E-state index is -1.14. The number of hydrogen-bond donors (Lipinski definition) is 0. The first-order valence-corrected chi connectivity index (χ1v) is 7.40. The van der Waals surface area contributed by atoms with Gasteiger partial charge >= 0.3 is 17.9 Å². The van der Waals surface area contributed by atoms with Crippen molar-refractivity contribution in [2.75, 3.05) is 6.61 Å². The van der Waals surface area contributed by atoms with Crippen LogP contribution in [0.25, 0.3) is 0 Å². The van der Waals surface area contributed by atoms with Gasteiger partial charge in [0.05, 0.1) is 11.3 Å². The molecule has 1 aliphatic carbocycles. The van der Waals surface area contributed by atoms with Gasteiger partial charge in [-0.25, -0.2) is 4.79 Å². The summed E-state index contributed by atoms with van der Waals surface area (Å²) < 4.78 is 15.5. The summed E-state index contributed by atoms with van der Waals surface area (Å²) in [4.78, 5) is 35.2. The molecule has 0 aromatic rings. The molecule has 2 atom stereocenters. The van der Waals surface area contributed by atoms with Crippen LogP contribution in [0.2, 0.25) is 0 Å². The van der Waals surface area contributed by atoms with Crippen molar-refractivity contribution in [3.05, 3.63) is 0 Å². The SMILES string of the molecule is CCC(C)(C)C(=O)OCC(=O)OC12CCCC(C1)C(=O)O2. The van der Waals surface area contributed by atoms with Crippen LogP contribution in [-0.2, 0) is 28.6 Å². The van der Waals surface area contributed by atoms with E-state index in [0.29, 0.717) is 19.3 Å². The molecule has 0 N–H and O–H groups in total. The van der Waals surface area contributed by atoms with Crippen LogP contribution in [0, 0.1) is 11.3 Å². The van der Waals surface area contributed by atoms with Crippen molar-refractivity contribution >= 4 is 17.9 Å². The van der Waals surface area contributed by atoms with E-state index in [1.165, 1.54) is 0 Å². The molecule has 6 heteroatoms. The van der Waals surface area contributed by atoms with Crippen LogP contribution in [-0.4, -0.2) is 30.3 Å². The normalized spacial score (nSPS) is 28.0. The van der Waals surface area contributed by atoms with Crippen molar-refractivity contribution < 1.29 is 28.6 Å². The first kappa shape index (κ1) is 15.8. The zero-order chi connectivity index (χ0) is 15.7. The molecule has 1 saturated carbocycles. The lowest BCUT2D eigenvalue weighted by Gasteiger charge is -2.29. The Bertz CT molecular complexity index is 455. The second-order valence-electron chi connectivity index (χ2n) is 6.41. The topological polar surface area (TPSA) is 78.9 Å². The Hall–Kier alpha value is -1.59. The number of ether oxygens (including phenoxy) is 3. The van der Waals surface area contributed by atoms with E-state index in [-0.39, 0.29) is 11.9 Å². The summed E-state index contributed by atoms with van der Waals surface area (Å²) >= 11 is 0. The van der Waals surface area contributed by atoms with Crippen LogP contribution >= 0.6 is 0 Å². The number of esters is 3. The fraction of sp³-hybridized carbons (Fsp3) is 0.800. The number of carbonyl (C=O) groups excluding carboxylic acids is 3. The highest BCUT2D eigenvalue weighted by molar-refractivity contribution is 5.80. The van der Waals surface area contributed by atoms with Gasteiger partial charge in [-0.15, -0.1) is 0 Å². The van der Waals surface area contributed by atoms with E-state index >= 15 is 0 Å². The molecule has 0 radical (unpaired) electrons. The lowest BCUT2D eigenvalue weighted by atomic mass is 9.88. The predicted octanol–water partition coefficient (Wildman–Crippen LogP) is 1.95. The molecule has 1 heterocycles. The van der Waals surface area contributed by atoms with Crippen molar-refractivity contribution in [2.24, 2.45) is 11.3 Å². The highest BCUT2D eigenvalue weighted by Gasteiger charge is 2.52. The summed E-state index contributed by atoms with van der Waals surface area (Å²) in [5, 5.41) is 0. The van der Waals surface area contributed by atoms with Gasteiger partial charge in [0.25, 0.3) is 5.79 Å². The molecule has 0 amide bonds. The van der Waals surface area contributed by atoms with E-state index in [2.05, 4.69) is 0 Å². The number of hydrogen-bond acceptors (Lipinski definition) is 6. The van der Waals surface area contributed by atoms with Crippen LogP contribution in [0.15, 0.2) is 0 Å². The average Bonchev–Trinajstić information content (AvgIpc) is 2.65. The van der Waals surface area contributed by atoms with Crippen molar-refractivity contribution in [2.45, 2.75) is 58.7 Å². The van der Waals surface area contributed by atoms with Crippen LogP contribution in [0.5, 0.6) is 0 Å². The molecule has 118 valence electrons. The Balaban J connectivity index is 1.85. The largest absolute Gasteiger partial charge is 0.453 e. The maximum absolute atomic E-state index is 11.8. The molecule has 6 nitrogen and oxygen atoms in total. The van der Waals surface area contributed by atoms with Gasteiger partial charge in [-0.1, -0.05) is 6.92 Å². The van der Waals surface area contributed by atoms with Gasteiger partial charge in [0.15, 0.2) is 6.61 Å². The first-order chi connectivity index (χ1) is 9.78. The summed E-state index contributed by atoms with van der Waals surface area (Å²) in [5.74, 6) is -2.73. The number of rotatable bonds is 5. The van der Waals surface area contributed by atoms with Crippen LogP contribution in [0.4, 0.5) is 0 Å². The second-order valence-corrected chi connectivity index (χ2v) is 6.41. The fourth-order valence-electron chi connectivity index (χ4n) is 2.57. The quantitative estimate of drug-likeness (QED) is 0.722. The molecule has 0 aromatic carbocycles. The smallest absolute Gasteiger partial charge is 0.347 e. The molecular formula is C15H22O6. The van der Waals surface area contributed by atoms with E-state index in [1.807, 2.05) is 6.92 Å². The van der Waals surface area contributed by atoms with Crippen molar-refractivity contribution in [3.63, 3.8) is 0 Å². The molecule has 21 heavy (non-hydrogen) atoms. The Morgan fingerprint density at radius 2 is 2.14 bits per heavy atom. The summed E-state index contributed by atoms with van der Waals surface area (Å²) in [6.45, 7) is 4.93. The van der Waals surface area contributed by atoms with E-state index in [4.69, 9.17) is 14.2 Å². The zero-order valence-corrected chi connectivity index (χ0v) is 12.8. The third-order valence-electron chi connectivity index (χ3n) is 4.35. The molecule has 0 spiro atoms. The van der Waals surface area contributed by atoms with E-state index in [1.54, 1.807) is 13.8 Å². The standard InChI is InChI=1S/C15H22O6/c1-4-14(2,3)13(18)19-9-11(16)20-15-7-5-6-10(8-15)12(17)21-15/h10H,4-9H2,1-3H3. The van der Waals surface area contributed by atoms with Crippen LogP contribution in [0.1, 0.15) is 52.9 Å². The van der Waals surface area contributed by atoms with Crippen molar-refractivity contribution in [1.29, 1.82) is 0 Å². The van der Waals surface area contributed by atoms with E-state index < -0.39 is 29.7 Å². The zero-order valence-electron chi connectivity index (χ0n) is 12.8. The first-order valence-electron chi connectivity index (χ1n) is 7.40. The van der Waals surface area contributed by atoms with Gasteiger partial charge in [0, 0.05) is 12.8 Å². The lowest BCUT2D eigenvalue weighted by molar-refractivity contribution is -0.220. The summed E-state index contributed by atoms with van der Waals surface area (Å²) in [6.07, 6.45) is 3.09. The molecule has 2 bridgehead atoms. The van der Waals surface area contributed by atoms with Crippen molar-refractivity contribution in [1.82, 2.24) is 0 Å². The predicted molar refractivity (Wildman–Crippen MR) is 71.9 cm³/mol. The van der Waals surface area contributed by atoms with E-state index in [9.17, 15) is 14.4 Å². The highest BCUT2D eigenvalue weighted by Crippen LogP contribution is 2.43. The molecule has 0 aromatic heterocycles. The molecule has 1 aliphatic heterocycles. The summed E-state index contributed by atoms with van der Waals surface area (Å²) in [5.41, 5.74) is -0.631. The van der Waals surface area contributed by atoms with Crippen LogP contribution < -0.4 is 0 Å². The maximum atomic E-state index is 11.8. The van der Waals surface area contributed by atoms with Gasteiger partial charge in [0.1, 0.15) is 0 Å². The molecular weight excluding hydrogens is 276 g/mol. The summed E-state index contributed by atoms with van der Waals surface area (Å²) in [7, 11) is 0. The van der Waals surface area contributed by atoms with Gasteiger partial charge in [0.2, 0.25) is 0 Å². The third-order valence-corrected chi connectivity index (χ3v) is 4.35. The average molecular weight is 298 g/mol. The molecule has 2 fully saturated rings. The Labute approximate surface area is 124 Å². The minimum absolute atomic E-state index is 0.173. The number of fused-ring (bicyclic) bond motifs is 2. The van der Waals surface area contributed by atoms with E-state index in [0.717, 1.165) is 12.8 Å². The van der Waals surface area contributed by atoms with Gasteiger partial charge in [-0.2, -0.15) is 0 Å². The number of carbonyl (C=O) groups is 3. The van der Waals surface area contributed by atoms with Gasteiger partial charge in [-0.05, 0) is 33.1 Å². The Morgan fingerprint density at radius 1 is 1.43 bits per heavy atom.